The average Bonchev–Trinajstić information content (AvgIpc) is 3.10. The Morgan fingerprint density at radius 2 is 1.59 bits per heavy atom. The van der Waals surface area contributed by atoms with Crippen molar-refractivity contribution in [2.75, 3.05) is 66.0 Å². The number of rotatable bonds is 12. The molecule has 2 heterocycles. The van der Waals surface area contributed by atoms with Crippen molar-refractivity contribution in [3.05, 3.63) is 0 Å². The molecular formula is C20H37N5O4. The van der Waals surface area contributed by atoms with Gasteiger partial charge in [0.05, 0.1) is 6.54 Å². The van der Waals surface area contributed by atoms with E-state index in [4.69, 9.17) is 5.11 Å². The molecule has 1 atom stereocenters. The summed E-state index contributed by atoms with van der Waals surface area (Å²) in [6.07, 6.45) is 3.71. The van der Waals surface area contributed by atoms with Crippen molar-refractivity contribution < 1.29 is 19.5 Å². The quantitative estimate of drug-likeness (QED) is 0.222. The van der Waals surface area contributed by atoms with Crippen molar-refractivity contribution in [2.24, 2.45) is 0 Å². The van der Waals surface area contributed by atoms with Gasteiger partial charge < -0.3 is 20.6 Å². The number of carboxylic acids is 1. The first kappa shape index (κ1) is 23.6. The number of nitrogens with zero attached hydrogens (tertiary/aromatic N) is 3. The van der Waals surface area contributed by atoms with Gasteiger partial charge in [0.25, 0.3) is 0 Å². The van der Waals surface area contributed by atoms with Crippen LogP contribution in [0.25, 0.3) is 0 Å². The van der Waals surface area contributed by atoms with Gasteiger partial charge in [-0.25, -0.2) is 0 Å². The fraction of sp³-hybridized carbons (Fsp3) is 0.850. The van der Waals surface area contributed by atoms with E-state index >= 15 is 0 Å². The highest BCUT2D eigenvalue weighted by Gasteiger charge is 2.28. The molecule has 0 aromatic rings. The van der Waals surface area contributed by atoms with Crippen LogP contribution in [0.5, 0.6) is 0 Å². The standard InChI is InChI=1S/C20H37N5O4/c1-23-11-13-24(14-12-23)15-17-5-4-10-25(17)16-19(27)22-8-2-6-18(26)21-9-3-7-20(28)29/h17H,2-16H2,1H3,(H,21,26)(H,22,27)(H,28,29)/i2+1,6+1,7+1,8+1,11+1,12+1,13+1,14+1,15+1,18+1,20+1,23+1,24+1,25+1. The van der Waals surface area contributed by atoms with E-state index in [-0.39, 0.29) is 18.2 Å². The summed E-state index contributed by atoms with van der Waals surface area (Å²) >= 11 is 0. The Hall–Kier alpha value is -1.71. The Kier molecular flexibility index (Phi) is 10.4. The molecule has 0 aliphatic carbocycles. The first-order chi connectivity index (χ1) is 13.9. The van der Waals surface area contributed by atoms with Gasteiger partial charge in [-0.2, -0.15) is 0 Å². The summed E-state index contributed by atoms with van der Waals surface area (Å²) in [7, 11) is 2.16. The van der Waals surface area contributed by atoms with E-state index in [0.29, 0.717) is 44.9 Å². The highest BCUT2D eigenvalue weighted by molar-refractivity contribution is 5.78. The monoisotopic (exact) mass is 425 g/mol. The lowest BCUT2D eigenvalue weighted by molar-refractivity contribution is -0.137. The van der Waals surface area contributed by atoms with Crippen molar-refractivity contribution in [3.8, 4) is 0 Å². The number of hydrogen-bond acceptors (Lipinski definition) is 6. The van der Waals surface area contributed by atoms with Crippen LogP contribution < -0.4 is 10.6 Å². The fourth-order valence-electron chi connectivity index (χ4n) is 3.91. The molecule has 0 radical (unpaired) electrons. The minimum atomic E-state index is -0.856. The maximum Gasteiger partial charge on any atom is 0.303 e. The summed E-state index contributed by atoms with van der Waals surface area (Å²) in [6, 6.07) is 0.459. The molecule has 0 spiro atoms. The zero-order valence-corrected chi connectivity index (χ0v) is 17.7. The zero-order valence-electron chi connectivity index (χ0n) is 17.7. The molecule has 2 aliphatic rings. The van der Waals surface area contributed by atoms with Gasteiger partial charge in [-0.3, -0.25) is 24.2 Å². The van der Waals surface area contributed by atoms with Gasteiger partial charge >= 0.3 is 5.97 Å². The number of carbonyl (C=O) groups excluding carboxylic acids is 2. The molecule has 2 rings (SSSR count). The van der Waals surface area contributed by atoms with Crippen molar-refractivity contribution >= 4 is 17.8 Å². The number of hydrogen-bond donors (Lipinski definition) is 3. The van der Waals surface area contributed by atoms with E-state index in [1.54, 1.807) is 0 Å². The van der Waals surface area contributed by atoms with Gasteiger partial charge in [0.2, 0.25) is 11.8 Å². The molecule has 9 nitrogen and oxygen atoms in total. The smallest absolute Gasteiger partial charge is 0.303 e. The Morgan fingerprint density at radius 1 is 0.931 bits per heavy atom. The molecule has 0 aromatic heterocycles. The molecule has 0 bridgehead atoms. The average molecular weight is 425 g/mol. The molecule has 0 aromatic carbocycles. The first-order valence-electron chi connectivity index (χ1n) is 10.8. The maximum absolute atomic E-state index is 12.3. The normalized spacial score (nSPS) is 21.2. The molecule has 1 unspecified atom stereocenters. The SMILES string of the molecule is C[15N]1[13CH2][13CH2][15N]([13CH2]C2CCC[15N]2CC(=O)N[13CH2][13CH2][13CH2][13C](=O)NCC[13CH2][13C](=O)O)[13CH2][13CH2]1. The molecule has 0 saturated carbocycles. The third kappa shape index (κ3) is 9.56. The number of amides is 2. The predicted molar refractivity (Wildman–Crippen MR) is 111 cm³/mol. The van der Waals surface area contributed by atoms with E-state index in [0.717, 1.165) is 52.1 Å². The molecule has 2 saturated heterocycles. The van der Waals surface area contributed by atoms with Crippen LogP contribution in [0.3, 0.4) is 0 Å². The number of likely N-dealkylation sites (N-methyl/N-ethyl adjacent to an activating group) is 1. The van der Waals surface area contributed by atoms with Crippen LogP contribution in [0, 0.1) is 0 Å². The van der Waals surface area contributed by atoms with E-state index < -0.39 is 5.97 Å². The second-order valence-electron chi connectivity index (χ2n) is 8.17. The highest BCUT2D eigenvalue weighted by atomic mass is 16.5. The summed E-state index contributed by atoms with van der Waals surface area (Å²) in [6.45, 7) is 7.74. The molecule has 29 heavy (non-hydrogen) atoms. The van der Waals surface area contributed by atoms with Crippen molar-refractivity contribution in [1.82, 2.24) is 25.3 Å². The van der Waals surface area contributed by atoms with Crippen LogP contribution in [0.15, 0.2) is 0 Å². The molecule has 2 fully saturated rings. The lowest BCUT2D eigenvalue weighted by atomic mass is 10.3. The van der Waals surface area contributed by atoms with Crippen molar-refractivity contribution in [3.63, 3.8) is 0 Å². The zero-order chi connectivity index (χ0) is 21.1. The molecule has 2 amide bonds. The van der Waals surface area contributed by atoms with Crippen LogP contribution in [-0.4, -0.2) is 110 Å². The lowest BCUT2D eigenvalue weighted by Crippen LogP contribution is -2.50. The number of carboxylic acid groups (broad SMARTS) is 1. The van der Waals surface area contributed by atoms with Gasteiger partial charge in [0.15, 0.2) is 0 Å². The summed E-state index contributed by atoms with van der Waals surface area (Å²) < 4.78 is 0. The number of aliphatic carboxylic acids is 1. The van der Waals surface area contributed by atoms with Crippen LogP contribution in [-0.2, 0) is 14.4 Å². The van der Waals surface area contributed by atoms with E-state index in [1.807, 2.05) is 0 Å². The second-order valence-corrected chi connectivity index (χ2v) is 8.17. The molecule has 3 N–H and O–H groups in total. The van der Waals surface area contributed by atoms with Gasteiger partial charge in [-0.15, -0.1) is 0 Å². The minimum absolute atomic E-state index is 0.0251. The first-order valence-corrected chi connectivity index (χ1v) is 10.8. The molecule has 166 valence electrons. The third-order valence-corrected chi connectivity index (χ3v) is 5.70. The van der Waals surface area contributed by atoms with Gasteiger partial charge in [-0.05, 0) is 39.3 Å². The van der Waals surface area contributed by atoms with Gasteiger partial charge in [0, 0.05) is 64.7 Å². The topological polar surface area (TPSA) is 105 Å². The third-order valence-electron chi connectivity index (χ3n) is 5.70. The van der Waals surface area contributed by atoms with Gasteiger partial charge in [0.1, 0.15) is 0 Å². The van der Waals surface area contributed by atoms with Crippen LogP contribution in [0.2, 0.25) is 0 Å². The minimum Gasteiger partial charge on any atom is -0.481 e. The Labute approximate surface area is 173 Å². The van der Waals surface area contributed by atoms with Gasteiger partial charge in [-0.1, -0.05) is 0 Å². The van der Waals surface area contributed by atoms with Crippen LogP contribution in [0.4, 0.5) is 0 Å². The largest absolute Gasteiger partial charge is 0.481 e. The summed E-state index contributed by atoms with van der Waals surface area (Å²) in [5.74, 6) is -0.931. The Morgan fingerprint density at radius 3 is 2.28 bits per heavy atom. The van der Waals surface area contributed by atoms with Crippen molar-refractivity contribution in [2.45, 2.75) is 44.6 Å². The number of piperazine rings is 1. The Balaban J connectivity index is 1.55. The molecule has 9 heteroatoms. The summed E-state index contributed by atoms with van der Waals surface area (Å²) in [4.78, 5) is 41.5. The fourth-order valence-corrected chi connectivity index (χ4v) is 3.91. The lowest BCUT2D eigenvalue weighted by Gasteiger charge is -2.36. The van der Waals surface area contributed by atoms with E-state index in [1.165, 1.54) is 0 Å². The van der Waals surface area contributed by atoms with Crippen LogP contribution in [0.1, 0.15) is 38.5 Å². The maximum atomic E-state index is 12.3. The predicted octanol–water partition coefficient (Wildman–Crippen LogP) is -0.424. The summed E-state index contributed by atoms with van der Waals surface area (Å²) in [5, 5.41) is 14.2. The molecule has 2 aliphatic heterocycles. The number of carbonyl (C=O) groups is 3. The number of likely N-dealkylation sites (tertiary alicyclic amines) is 1. The Bertz CT molecular complexity index is 537. The van der Waals surface area contributed by atoms with Crippen molar-refractivity contribution in [1.29, 1.82) is 0 Å². The molecular weight excluding hydrogens is 388 g/mol. The van der Waals surface area contributed by atoms with Crippen LogP contribution >= 0.6 is 0 Å². The summed E-state index contributed by atoms with van der Waals surface area (Å²) in [5.41, 5.74) is 0. The second kappa shape index (κ2) is 12.8. The van der Waals surface area contributed by atoms with E-state index in [9.17, 15) is 14.4 Å². The number of nitrogens with one attached hydrogen (secondary N) is 2. The van der Waals surface area contributed by atoms with E-state index in [2.05, 4.69) is 32.4 Å². The highest BCUT2D eigenvalue weighted by Crippen LogP contribution is 2.18.